The van der Waals surface area contributed by atoms with Gasteiger partial charge < -0.3 is 15.4 Å². The Labute approximate surface area is 147 Å². The molecule has 0 atom stereocenters. The van der Waals surface area contributed by atoms with Crippen molar-refractivity contribution < 1.29 is 27.5 Å². The summed E-state index contributed by atoms with van der Waals surface area (Å²) in [5.74, 6) is -1.97. The lowest BCUT2D eigenvalue weighted by molar-refractivity contribution is -0.141. The van der Waals surface area contributed by atoms with Crippen molar-refractivity contribution in [3.05, 3.63) is 42.0 Å². The van der Waals surface area contributed by atoms with Gasteiger partial charge in [0.25, 0.3) is 0 Å². The number of pyridine rings is 1. The summed E-state index contributed by atoms with van der Waals surface area (Å²) < 4.78 is 50.9. The Balaban J connectivity index is 1.65. The zero-order valence-corrected chi connectivity index (χ0v) is 13.6. The van der Waals surface area contributed by atoms with Gasteiger partial charge in [-0.3, -0.25) is 4.79 Å². The number of rotatable bonds is 4. The number of phenols is 1. The normalized spacial score (nSPS) is 11.7. The number of carbonyl (C=O) groups is 1. The van der Waals surface area contributed by atoms with Crippen molar-refractivity contribution in [2.24, 2.45) is 0 Å². The fraction of sp³-hybridized carbons (Fsp3) is 0.133. The Morgan fingerprint density at radius 2 is 2.08 bits per heavy atom. The molecule has 0 aliphatic heterocycles. The Bertz CT molecular complexity index is 974. The van der Waals surface area contributed by atoms with Crippen LogP contribution in [0.15, 0.2) is 35.6 Å². The van der Waals surface area contributed by atoms with Crippen LogP contribution in [0.2, 0.25) is 0 Å². The van der Waals surface area contributed by atoms with E-state index >= 15 is 0 Å². The highest BCUT2D eigenvalue weighted by Crippen LogP contribution is 2.29. The molecule has 0 fully saturated rings. The molecular formula is C15H10F4N4O2S. The number of phenolic OH excluding ortho intramolecular Hbond substituents is 1. The van der Waals surface area contributed by atoms with E-state index in [-0.39, 0.29) is 22.1 Å². The molecule has 2 aromatic heterocycles. The van der Waals surface area contributed by atoms with Crippen molar-refractivity contribution in [1.29, 1.82) is 0 Å². The van der Waals surface area contributed by atoms with Gasteiger partial charge in [-0.05, 0) is 18.2 Å². The zero-order chi connectivity index (χ0) is 18.9. The first kappa shape index (κ1) is 18.0. The number of aromatic nitrogens is 3. The van der Waals surface area contributed by atoms with Crippen LogP contribution in [0, 0.1) is 5.82 Å². The molecule has 136 valence electrons. The fourth-order valence-corrected chi connectivity index (χ4v) is 2.72. The van der Waals surface area contributed by atoms with E-state index < -0.39 is 29.3 Å². The van der Waals surface area contributed by atoms with Gasteiger partial charge in [-0.1, -0.05) is 11.8 Å². The minimum Gasteiger partial charge on any atom is -0.505 e. The number of hydrogen-bond donors (Lipinski definition) is 3. The second-order valence-corrected chi connectivity index (χ2v) is 6.09. The van der Waals surface area contributed by atoms with Crippen LogP contribution in [0.4, 0.5) is 23.2 Å². The number of carbonyl (C=O) groups excluding carboxylic acids is 1. The first-order valence-corrected chi connectivity index (χ1v) is 8.05. The standard InChI is InChI=1S/C15H10F4N4O2S/c16-8-2-1-7(3-11(8)24)21-13(25)6-26-14-22-9-4-12(15(17,18)19)20-5-10(9)23-14/h1-5,24H,6H2,(H,21,25)(H,22,23). The number of aromatic hydroxyl groups is 1. The molecule has 0 saturated carbocycles. The summed E-state index contributed by atoms with van der Waals surface area (Å²) in [6.07, 6.45) is -3.54. The maximum absolute atomic E-state index is 13.0. The van der Waals surface area contributed by atoms with Gasteiger partial charge >= 0.3 is 6.18 Å². The number of nitrogens with one attached hydrogen (secondary N) is 2. The van der Waals surface area contributed by atoms with Gasteiger partial charge in [0.15, 0.2) is 16.7 Å². The van der Waals surface area contributed by atoms with Crippen molar-refractivity contribution in [3.8, 4) is 5.75 Å². The number of hydrogen-bond acceptors (Lipinski definition) is 5. The SMILES string of the molecule is O=C(CSc1nc2cc(C(F)(F)F)ncc2[nH]1)Nc1ccc(F)c(O)c1. The van der Waals surface area contributed by atoms with E-state index in [2.05, 4.69) is 20.3 Å². The third-order valence-corrected chi connectivity index (χ3v) is 4.08. The minimum atomic E-state index is -4.57. The highest BCUT2D eigenvalue weighted by molar-refractivity contribution is 7.99. The summed E-state index contributed by atoms with van der Waals surface area (Å²) in [5.41, 5.74) is -0.455. The summed E-state index contributed by atoms with van der Waals surface area (Å²) >= 11 is 0.970. The number of aromatic amines is 1. The Hall–Kier alpha value is -2.82. The number of benzene rings is 1. The molecule has 2 heterocycles. The molecule has 0 bridgehead atoms. The van der Waals surface area contributed by atoms with E-state index in [4.69, 9.17) is 0 Å². The van der Waals surface area contributed by atoms with Crippen LogP contribution in [0.25, 0.3) is 11.0 Å². The number of H-pyrrole nitrogens is 1. The molecule has 0 saturated heterocycles. The number of alkyl halides is 3. The van der Waals surface area contributed by atoms with E-state index in [0.29, 0.717) is 5.52 Å². The number of fused-ring (bicyclic) bond motifs is 1. The number of nitrogens with zero attached hydrogens (tertiary/aromatic N) is 2. The average molecular weight is 386 g/mol. The fourth-order valence-electron chi connectivity index (χ4n) is 2.03. The molecule has 6 nitrogen and oxygen atoms in total. The Kier molecular flexibility index (Phi) is 4.72. The van der Waals surface area contributed by atoms with Gasteiger partial charge in [-0.2, -0.15) is 13.2 Å². The Morgan fingerprint density at radius 3 is 2.77 bits per heavy atom. The summed E-state index contributed by atoms with van der Waals surface area (Å²) in [4.78, 5) is 21.9. The monoisotopic (exact) mass is 386 g/mol. The van der Waals surface area contributed by atoms with Crippen LogP contribution in [0.1, 0.15) is 5.69 Å². The van der Waals surface area contributed by atoms with Gasteiger partial charge in [0.2, 0.25) is 5.91 Å². The van der Waals surface area contributed by atoms with Crippen molar-refractivity contribution in [2.45, 2.75) is 11.3 Å². The van der Waals surface area contributed by atoms with Crippen molar-refractivity contribution in [2.75, 3.05) is 11.1 Å². The second-order valence-electron chi connectivity index (χ2n) is 5.13. The van der Waals surface area contributed by atoms with E-state index in [0.717, 1.165) is 36.2 Å². The summed E-state index contributed by atoms with van der Waals surface area (Å²) in [7, 11) is 0. The summed E-state index contributed by atoms with van der Waals surface area (Å²) in [6, 6.07) is 4.16. The maximum atomic E-state index is 13.0. The quantitative estimate of drug-likeness (QED) is 0.471. The van der Waals surface area contributed by atoms with Gasteiger partial charge in [0.1, 0.15) is 5.69 Å². The molecule has 3 aromatic rings. The van der Waals surface area contributed by atoms with Crippen molar-refractivity contribution >= 4 is 34.4 Å². The second kappa shape index (κ2) is 6.83. The molecule has 3 N–H and O–H groups in total. The van der Waals surface area contributed by atoms with Crippen LogP contribution < -0.4 is 5.32 Å². The Morgan fingerprint density at radius 1 is 1.31 bits per heavy atom. The molecule has 26 heavy (non-hydrogen) atoms. The molecule has 11 heteroatoms. The van der Waals surface area contributed by atoms with Crippen LogP contribution in [-0.2, 0) is 11.0 Å². The average Bonchev–Trinajstić information content (AvgIpc) is 2.97. The highest BCUT2D eigenvalue weighted by atomic mass is 32.2. The van der Waals surface area contributed by atoms with Gasteiger partial charge in [0.05, 0.1) is 23.0 Å². The summed E-state index contributed by atoms with van der Waals surface area (Å²) in [5, 5.41) is 12.0. The van der Waals surface area contributed by atoms with Gasteiger partial charge in [-0.25, -0.2) is 14.4 Å². The lowest BCUT2D eigenvalue weighted by Gasteiger charge is -2.05. The molecule has 0 unspecified atom stereocenters. The van der Waals surface area contributed by atoms with E-state index in [1.165, 1.54) is 6.07 Å². The first-order valence-electron chi connectivity index (χ1n) is 7.06. The largest absolute Gasteiger partial charge is 0.505 e. The molecule has 0 radical (unpaired) electrons. The van der Waals surface area contributed by atoms with Crippen molar-refractivity contribution in [1.82, 2.24) is 15.0 Å². The smallest absolute Gasteiger partial charge is 0.433 e. The van der Waals surface area contributed by atoms with Gasteiger partial charge in [0, 0.05) is 11.8 Å². The van der Waals surface area contributed by atoms with Gasteiger partial charge in [-0.15, -0.1) is 0 Å². The maximum Gasteiger partial charge on any atom is 0.433 e. The summed E-state index contributed by atoms with van der Waals surface area (Å²) in [6.45, 7) is 0. The van der Waals surface area contributed by atoms with Crippen LogP contribution in [0.5, 0.6) is 5.75 Å². The van der Waals surface area contributed by atoms with E-state index in [9.17, 15) is 27.5 Å². The number of thioether (sulfide) groups is 1. The lowest BCUT2D eigenvalue weighted by atomic mass is 10.3. The number of imidazole rings is 1. The predicted molar refractivity (Wildman–Crippen MR) is 86.3 cm³/mol. The molecule has 1 amide bonds. The molecule has 0 aliphatic rings. The number of amides is 1. The minimum absolute atomic E-state index is 0.0821. The van der Waals surface area contributed by atoms with E-state index in [1.54, 1.807) is 0 Å². The molecule has 0 spiro atoms. The first-order chi connectivity index (χ1) is 12.2. The van der Waals surface area contributed by atoms with Crippen molar-refractivity contribution in [3.63, 3.8) is 0 Å². The predicted octanol–water partition coefficient (Wildman–Crippen LogP) is 3.55. The molecule has 1 aromatic carbocycles. The third kappa shape index (κ3) is 4.04. The zero-order valence-electron chi connectivity index (χ0n) is 12.8. The molecule has 3 rings (SSSR count). The van der Waals surface area contributed by atoms with Crippen LogP contribution in [0.3, 0.4) is 0 Å². The van der Waals surface area contributed by atoms with Crippen LogP contribution in [-0.4, -0.2) is 31.7 Å². The number of halogens is 4. The van der Waals surface area contributed by atoms with E-state index in [1.807, 2.05) is 0 Å². The molecule has 0 aliphatic carbocycles. The number of anilines is 1. The lowest BCUT2D eigenvalue weighted by Crippen LogP contribution is -2.14. The molecular weight excluding hydrogens is 376 g/mol. The highest BCUT2D eigenvalue weighted by Gasteiger charge is 2.32. The van der Waals surface area contributed by atoms with Crippen LogP contribution >= 0.6 is 11.8 Å². The topological polar surface area (TPSA) is 90.9 Å². The third-order valence-electron chi connectivity index (χ3n) is 3.21.